The second-order valence-electron chi connectivity index (χ2n) is 8.25. The SMILES string of the molecule is C.C.C.CC1=CC=C(C(C)(C)C)C1.Cc1ccc(C(C)(C)C)cc1. The van der Waals surface area contributed by atoms with E-state index in [1.54, 1.807) is 5.57 Å². The van der Waals surface area contributed by atoms with Crippen LogP contribution in [0.1, 0.15) is 88.3 Å². The highest BCUT2D eigenvalue weighted by Crippen LogP contribution is 2.33. The fraction of sp³-hybridized carbons (Fsp3) is 0.583. The molecule has 0 saturated heterocycles. The van der Waals surface area contributed by atoms with Crippen LogP contribution in [0.5, 0.6) is 0 Å². The predicted octanol–water partition coefficient (Wildman–Crippen LogP) is 8.51. The van der Waals surface area contributed by atoms with Crippen LogP contribution in [-0.4, -0.2) is 0 Å². The molecule has 0 heteroatoms. The lowest BCUT2D eigenvalue weighted by molar-refractivity contribution is 0.494. The molecule has 0 N–H and O–H groups in total. The first-order valence-corrected chi connectivity index (χ1v) is 7.94. The van der Waals surface area contributed by atoms with Crippen LogP contribution >= 0.6 is 0 Å². The number of hydrogen-bond acceptors (Lipinski definition) is 0. The summed E-state index contributed by atoms with van der Waals surface area (Å²) in [4.78, 5) is 0. The van der Waals surface area contributed by atoms with E-state index in [-0.39, 0.29) is 27.7 Å². The molecule has 24 heavy (non-hydrogen) atoms. The van der Waals surface area contributed by atoms with Crippen molar-refractivity contribution >= 4 is 0 Å². The molecule has 1 aliphatic rings. The molecule has 1 aliphatic carbocycles. The molecule has 1 aromatic rings. The van der Waals surface area contributed by atoms with Gasteiger partial charge in [0.05, 0.1) is 0 Å². The third kappa shape index (κ3) is 9.11. The predicted molar refractivity (Wildman–Crippen MR) is 116 cm³/mol. The molecule has 0 spiro atoms. The van der Waals surface area contributed by atoms with Crippen molar-refractivity contribution in [1.29, 1.82) is 0 Å². The van der Waals surface area contributed by atoms with Gasteiger partial charge < -0.3 is 0 Å². The second kappa shape index (κ2) is 10.5. The normalized spacial score (nSPS) is 13.2. The maximum Gasteiger partial charge on any atom is -0.00997 e. The van der Waals surface area contributed by atoms with Crippen molar-refractivity contribution in [3.05, 3.63) is 58.7 Å². The van der Waals surface area contributed by atoms with E-state index in [1.165, 1.54) is 23.1 Å². The van der Waals surface area contributed by atoms with Crippen molar-refractivity contribution in [2.24, 2.45) is 5.41 Å². The van der Waals surface area contributed by atoms with E-state index in [0.29, 0.717) is 5.41 Å². The Labute approximate surface area is 154 Å². The van der Waals surface area contributed by atoms with Gasteiger partial charge >= 0.3 is 0 Å². The molecule has 0 aliphatic heterocycles. The van der Waals surface area contributed by atoms with Crippen LogP contribution in [0.15, 0.2) is 47.6 Å². The molecule has 0 nitrogen and oxygen atoms in total. The smallest absolute Gasteiger partial charge is 0.00997 e. The van der Waals surface area contributed by atoms with Gasteiger partial charge in [0.15, 0.2) is 0 Å². The summed E-state index contributed by atoms with van der Waals surface area (Å²) in [6.07, 6.45) is 5.67. The Balaban J connectivity index is -0.000000328. The van der Waals surface area contributed by atoms with Crippen LogP contribution in [0.3, 0.4) is 0 Å². The molecule has 0 aromatic heterocycles. The largest absolute Gasteiger partial charge is 0.0776 e. The van der Waals surface area contributed by atoms with Crippen molar-refractivity contribution < 1.29 is 0 Å². The van der Waals surface area contributed by atoms with E-state index in [0.717, 1.165) is 0 Å². The maximum atomic E-state index is 2.27. The third-order valence-corrected chi connectivity index (χ3v) is 3.92. The van der Waals surface area contributed by atoms with Crippen LogP contribution in [0.2, 0.25) is 0 Å². The van der Waals surface area contributed by atoms with E-state index in [4.69, 9.17) is 0 Å². The van der Waals surface area contributed by atoms with Crippen LogP contribution in [0, 0.1) is 12.3 Å². The van der Waals surface area contributed by atoms with E-state index < -0.39 is 0 Å². The Morgan fingerprint density at radius 1 is 0.667 bits per heavy atom. The maximum absolute atomic E-state index is 2.27. The van der Waals surface area contributed by atoms with E-state index in [9.17, 15) is 0 Å². The van der Waals surface area contributed by atoms with Crippen molar-refractivity contribution in [3.63, 3.8) is 0 Å². The molecule has 140 valence electrons. The Morgan fingerprint density at radius 3 is 1.38 bits per heavy atom. The van der Waals surface area contributed by atoms with Crippen LogP contribution in [-0.2, 0) is 5.41 Å². The molecule has 0 saturated carbocycles. The molecule has 2 rings (SSSR count). The minimum absolute atomic E-state index is 0. The highest BCUT2D eigenvalue weighted by atomic mass is 14.2. The minimum Gasteiger partial charge on any atom is -0.0776 e. The number of hydrogen-bond donors (Lipinski definition) is 0. The lowest BCUT2D eigenvalue weighted by atomic mass is 9.85. The third-order valence-electron chi connectivity index (χ3n) is 3.92. The number of aryl methyl sites for hydroxylation is 1. The van der Waals surface area contributed by atoms with E-state index >= 15 is 0 Å². The van der Waals surface area contributed by atoms with Crippen molar-refractivity contribution in [3.8, 4) is 0 Å². The van der Waals surface area contributed by atoms with Crippen LogP contribution < -0.4 is 0 Å². The number of allylic oxidation sites excluding steroid dienone is 4. The molecule has 0 atom stereocenters. The summed E-state index contributed by atoms with van der Waals surface area (Å²) in [6, 6.07) is 8.74. The summed E-state index contributed by atoms with van der Waals surface area (Å²) in [5, 5.41) is 0. The molecule has 1 aromatic carbocycles. The average molecular weight is 333 g/mol. The van der Waals surface area contributed by atoms with Crippen molar-refractivity contribution in [1.82, 2.24) is 0 Å². The molecular formula is C24H44. The fourth-order valence-corrected chi connectivity index (χ4v) is 2.23. The fourth-order valence-electron chi connectivity index (χ4n) is 2.23. The Kier molecular flexibility index (Phi) is 12.1. The molecule has 0 heterocycles. The molecule has 0 fully saturated rings. The first-order valence-electron chi connectivity index (χ1n) is 7.94. The zero-order valence-corrected chi connectivity index (χ0v) is 15.2. The minimum atomic E-state index is 0. The summed E-state index contributed by atoms with van der Waals surface area (Å²) >= 11 is 0. The van der Waals surface area contributed by atoms with Gasteiger partial charge in [0.2, 0.25) is 0 Å². The monoisotopic (exact) mass is 332 g/mol. The van der Waals surface area contributed by atoms with Gasteiger partial charge in [-0.25, -0.2) is 0 Å². The van der Waals surface area contributed by atoms with Crippen molar-refractivity contribution in [2.75, 3.05) is 0 Å². The lowest BCUT2D eigenvalue weighted by Gasteiger charge is -2.20. The van der Waals surface area contributed by atoms with Gasteiger partial charge in [-0.15, -0.1) is 0 Å². The molecule has 0 amide bonds. The second-order valence-corrected chi connectivity index (χ2v) is 8.25. The van der Waals surface area contributed by atoms with Gasteiger partial charge in [-0.05, 0) is 36.7 Å². The summed E-state index contributed by atoms with van der Waals surface area (Å²) in [7, 11) is 0. The molecule has 0 unspecified atom stereocenters. The summed E-state index contributed by atoms with van der Waals surface area (Å²) < 4.78 is 0. The van der Waals surface area contributed by atoms with Crippen LogP contribution in [0.25, 0.3) is 0 Å². The van der Waals surface area contributed by atoms with Gasteiger partial charge in [0.1, 0.15) is 0 Å². The quantitative estimate of drug-likeness (QED) is 0.446. The summed E-state index contributed by atoms with van der Waals surface area (Å²) in [5.41, 5.74) is 6.44. The van der Waals surface area contributed by atoms with Gasteiger partial charge in [0, 0.05) is 0 Å². The molecule has 0 radical (unpaired) electrons. The Hall–Kier alpha value is -1.30. The summed E-state index contributed by atoms with van der Waals surface area (Å²) in [5.74, 6) is 0. The van der Waals surface area contributed by atoms with Gasteiger partial charge in [-0.2, -0.15) is 0 Å². The standard InChI is InChI=1S/C11H16.C10H16.3CH4/c1-9-5-7-10(8-6-9)11(2,3)4;1-8-5-6-9(7-8)10(2,3)4;;;/h5-8H,1-4H3;5-6H,7H2,1-4H3;3*1H4. The molecule has 0 bridgehead atoms. The highest BCUT2D eigenvalue weighted by molar-refractivity contribution is 5.32. The van der Waals surface area contributed by atoms with Gasteiger partial charge in [0.25, 0.3) is 0 Å². The number of benzene rings is 1. The van der Waals surface area contributed by atoms with Gasteiger partial charge in [-0.1, -0.05) is 117 Å². The zero-order valence-electron chi connectivity index (χ0n) is 15.2. The lowest BCUT2D eigenvalue weighted by Crippen LogP contribution is -2.10. The first kappa shape index (κ1) is 27.5. The Morgan fingerprint density at radius 2 is 1.12 bits per heavy atom. The topological polar surface area (TPSA) is 0 Å². The van der Waals surface area contributed by atoms with E-state index in [1.807, 2.05) is 0 Å². The summed E-state index contributed by atoms with van der Waals surface area (Å²) in [6.45, 7) is 17.8. The van der Waals surface area contributed by atoms with E-state index in [2.05, 4.69) is 91.8 Å². The van der Waals surface area contributed by atoms with Crippen molar-refractivity contribution in [2.45, 2.75) is 89.5 Å². The average Bonchev–Trinajstić information content (AvgIpc) is 2.76. The number of rotatable bonds is 0. The molecular weight excluding hydrogens is 288 g/mol. The first-order chi connectivity index (χ1) is 9.50. The zero-order chi connectivity index (χ0) is 16.3. The van der Waals surface area contributed by atoms with Gasteiger partial charge in [-0.3, -0.25) is 0 Å². The Bertz CT molecular complexity index is 511. The van der Waals surface area contributed by atoms with Crippen LogP contribution in [0.4, 0.5) is 0 Å². The highest BCUT2D eigenvalue weighted by Gasteiger charge is 2.18.